The second kappa shape index (κ2) is 13.1. The van der Waals surface area contributed by atoms with Gasteiger partial charge in [-0.15, -0.1) is 53.6 Å². The van der Waals surface area contributed by atoms with Crippen molar-refractivity contribution >= 4 is 21.9 Å². The fraction of sp³-hybridized carbons (Fsp3) is 0.128. The van der Waals surface area contributed by atoms with E-state index >= 15 is 0 Å². The smallest absolute Gasteiger partial charge is 0.123 e. The molecule has 3 heterocycles. The number of rotatable bonds is 4. The number of nitrogens with zero attached hydrogens (tertiary/aromatic N) is 2. The minimum absolute atomic E-state index is 0. The van der Waals surface area contributed by atoms with Gasteiger partial charge in [0.2, 0.25) is 0 Å². The Kier molecular flexibility index (Phi) is 9.19. The van der Waals surface area contributed by atoms with Gasteiger partial charge in [0.15, 0.2) is 0 Å². The molecule has 1 radical (unpaired) electrons. The van der Waals surface area contributed by atoms with E-state index in [1.165, 1.54) is 23.3 Å². The zero-order valence-corrected chi connectivity index (χ0v) is 27.4. The summed E-state index contributed by atoms with van der Waals surface area (Å²) in [5.41, 5.74) is 9.57. The first kappa shape index (κ1) is 31.0. The fourth-order valence-electron chi connectivity index (χ4n) is 5.16. The zero-order valence-electron chi connectivity index (χ0n) is 25.0. The molecule has 221 valence electrons. The minimum atomic E-state index is -0.298. The van der Waals surface area contributed by atoms with Crippen LogP contribution in [0.15, 0.2) is 120 Å². The molecule has 0 N–H and O–H groups in total. The molecule has 0 saturated heterocycles. The van der Waals surface area contributed by atoms with Crippen LogP contribution in [0.5, 0.6) is 0 Å². The predicted molar refractivity (Wildman–Crippen MR) is 172 cm³/mol. The first-order valence-electron chi connectivity index (χ1n) is 14.3. The standard InChI is InChI=1S/C26H19FNO.C13H12N.Ir/c1-26(2,17-10-12-19(27)13-11-17)18-14-15-28-23(16-18)22-8-5-7-21-20-6-3-4-9-24(20)29-25(21)22;1-10-3-6-12(7-4-10)13-8-5-11(2)9-14-13;/h3-7,9-16H,1-2H3;3-6,8-9H,1-2H3;/q2*-1;. The van der Waals surface area contributed by atoms with Crippen LogP contribution in [0.1, 0.15) is 36.1 Å². The Morgan fingerprint density at radius 1 is 0.727 bits per heavy atom. The third kappa shape index (κ3) is 6.40. The molecule has 0 fully saturated rings. The number of hydrogen-bond donors (Lipinski definition) is 0. The zero-order chi connectivity index (χ0) is 30.0. The Hall–Kier alpha value is -4.44. The van der Waals surface area contributed by atoms with Gasteiger partial charge in [-0.1, -0.05) is 80.3 Å². The van der Waals surface area contributed by atoms with Gasteiger partial charge in [-0.25, -0.2) is 4.39 Å². The maximum absolute atomic E-state index is 13.4. The van der Waals surface area contributed by atoms with E-state index in [9.17, 15) is 4.39 Å². The van der Waals surface area contributed by atoms with E-state index in [2.05, 4.69) is 67.1 Å². The van der Waals surface area contributed by atoms with Gasteiger partial charge in [-0.05, 0) is 59.3 Å². The van der Waals surface area contributed by atoms with E-state index in [1.54, 1.807) is 0 Å². The van der Waals surface area contributed by atoms with Crippen LogP contribution in [0.2, 0.25) is 0 Å². The molecular formula is C39H31FIrN2O-2. The van der Waals surface area contributed by atoms with Gasteiger partial charge in [0.25, 0.3) is 0 Å². The summed E-state index contributed by atoms with van der Waals surface area (Å²) in [5.74, 6) is -0.230. The summed E-state index contributed by atoms with van der Waals surface area (Å²) in [7, 11) is 0. The van der Waals surface area contributed by atoms with Gasteiger partial charge in [-0.3, -0.25) is 0 Å². The molecule has 5 heteroatoms. The fourth-order valence-corrected chi connectivity index (χ4v) is 5.16. The quantitative estimate of drug-likeness (QED) is 0.168. The molecule has 44 heavy (non-hydrogen) atoms. The topological polar surface area (TPSA) is 38.9 Å². The number of furan rings is 1. The molecule has 0 saturated carbocycles. The van der Waals surface area contributed by atoms with E-state index in [0.29, 0.717) is 0 Å². The molecule has 0 spiro atoms. The minimum Gasteiger partial charge on any atom is -0.501 e. The number of aromatic nitrogens is 2. The van der Waals surface area contributed by atoms with Crippen LogP contribution >= 0.6 is 0 Å². The first-order valence-corrected chi connectivity index (χ1v) is 14.3. The van der Waals surface area contributed by atoms with Gasteiger partial charge in [0, 0.05) is 43.3 Å². The second-order valence-electron chi connectivity index (χ2n) is 11.3. The summed E-state index contributed by atoms with van der Waals surface area (Å²) >= 11 is 0. The number of benzene rings is 4. The molecule has 0 bridgehead atoms. The van der Waals surface area contributed by atoms with Crippen LogP contribution < -0.4 is 0 Å². The van der Waals surface area contributed by atoms with Crippen LogP contribution in [0.4, 0.5) is 4.39 Å². The predicted octanol–water partition coefficient (Wildman–Crippen LogP) is 10.1. The van der Waals surface area contributed by atoms with E-state index in [0.717, 1.165) is 55.6 Å². The van der Waals surface area contributed by atoms with Gasteiger partial charge in [-0.2, -0.15) is 0 Å². The van der Waals surface area contributed by atoms with Crippen molar-refractivity contribution in [1.82, 2.24) is 9.97 Å². The van der Waals surface area contributed by atoms with Crippen molar-refractivity contribution in [3.63, 3.8) is 0 Å². The average Bonchev–Trinajstić information content (AvgIpc) is 3.42. The molecule has 4 aromatic carbocycles. The maximum Gasteiger partial charge on any atom is 0.123 e. The molecule has 0 aliphatic rings. The largest absolute Gasteiger partial charge is 0.501 e. The summed E-state index contributed by atoms with van der Waals surface area (Å²) in [6.07, 6.45) is 3.69. The van der Waals surface area contributed by atoms with Crippen LogP contribution in [-0.4, -0.2) is 9.97 Å². The van der Waals surface area contributed by atoms with Gasteiger partial charge < -0.3 is 14.4 Å². The van der Waals surface area contributed by atoms with Gasteiger partial charge in [0.1, 0.15) is 11.4 Å². The van der Waals surface area contributed by atoms with Crippen molar-refractivity contribution in [1.29, 1.82) is 0 Å². The summed E-state index contributed by atoms with van der Waals surface area (Å²) in [5, 5.41) is 2.14. The number of fused-ring (bicyclic) bond motifs is 3. The van der Waals surface area contributed by atoms with Crippen molar-refractivity contribution in [2.45, 2.75) is 33.1 Å². The first-order chi connectivity index (χ1) is 20.8. The Morgan fingerprint density at radius 3 is 2.23 bits per heavy atom. The van der Waals surface area contributed by atoms with E-state index in [1.807, 2.05) is 86.0 Å². The Bertz CT molecular complexity index is 1970. The number of halogens is 1. The van der Waals surface area contributed by atoms with E-state index in [4.69, 9.17) is 4.42 Å². The molecule has 0 atom stereocenters. The maximum atomic E-state index is 13.4. The molecule has 0 amide bonds. The number of pyridine rings is 2. The molecule has 3 aromatic heterocycles. The summed E-state index contributed by atoms with van der Waals surface area (Å²) in [4.78, 5) is 8.95. The van der Waals surface area contributed by atoms with Crippen molar-refractivity contribution in [3.8, 4) is 22.5 Å². The van der Waals surface area contributed by atoms with Crippen LogP contribution in [0, 0.1) is 31.8 Å². The summed E-state index contributed by atoms with van der Waals surface area (Å²) in [6, 6.07) is 39.4. The molecule has 7 aromatic rings. The molecule has 3 nitrogen and oxygen atoms in total. The van der Waals surface area contributed by atoms with Crippen molar-refractivity contribution in [2.75, 3.05) is 0 Å². The molecule has 7 rings (SSSR count). The molecule has 0 unspecified atom stereocenters. The van der Waals surface area contributed by atoms with Gasteiger partial charge >= 0.3 is 0 Å². The number of aryl methyl sites for hydroxylation is 2. The average molecular weight is 755 g/mol. The van der Waals surface area contributed by atoms with Crippen LogP contribution in [-0.2, 0) is 25.5 Å². The Labute approximate surface area is 271 Å². The van der Waals surface area contributed by atoms with Crippen LogP contribution in [0.25, 0.3) is 44.5 Å². The van der Waals surface area contributed by atoms with E-state index < -0.39 is 0 Å². The number of hydrogen-bond acceptors (Lipinski definition) is 3. The molecular weight excluding hydrogens is 724 g/mol. The molecule has 0 aliphatic heterocycles. The van der Waals surface area contributed by atoms with Crippen molar-refractivity contribution in [2.24, 2.45) is 0 Å². The van der Waals surface area contributed by atoms with Crippen LogP contribution in [0.3, 0.4) is 0 Å². The summed E-state index contributed by atoms with van der Waals surface area (Å²) in [6.45, 7) is 8.36. The van der Waals surface area contributed by atoms with Crippen molar-refractivity contribution in [3.05, 3.63) is 156 Å². The Morgan fingerprint density at radius 2 is 1.50 bits per heavy atom. The number of para-hydroxylation sites is 1. The Balaban J connectivity index is 0.000000216. The third-order valence-electron chi connectivity index (χ3n) is 7.80. The third-order valence-corrected chi connectivity index (χ3v) is 7.80. The summed E-state index contributed by atoms with van der Waals surface area (Å²) < 4.78 is 19.5. The SMILES string of the molecule is CC(C)(c1ccc(F)cc1)c1ccnc(-c2[c-]ccc3c2oc2ccccc23)c1.Cc1c[c-]c(-c2ccc(C)cn2)cc1.[Ir]. The monoisotopic (exact) mass is 755 g/mol. The second-order valence-corrected chi connectivity index (χ2v) is 11.3. The molecule has 0 aliphatic carbocycles. The van der Waals surface area contributed by atoms with Gasteiger partial charge in [0.05, 0.1) is 5.58 Å². The van der Waals surface area contributed by atoms with E-state index in [-0.39, 0.29) is 31.3 Å². The van der Waals surface area contributed by atoms with Crippen molar-refractivity contribution < 1.29 is 28.9 Å². The normalized spacial score (nSPS) is 11.1.